The van der Waals surface area contributed by atoms with Crippen molar-refractivity contribution in [3.05, 3.63) is 29.8 Å². The van der Waals surface area contributed by atoms with Crippen molar-refractivity contribution >= 4 is 17.9 Å². The Morgan fingerprint density at radius 3 is 2.74 bits per heavy atom. The van der Waals surface area contributed by atoms with Crippen LogP contribution in [0.15, 0.2) is 29.3 Å². The molecule has 0 radical (unpaired) electrons. The molecule has 0 spiro atoms. The molecule has 1 aromatic carbocycles. The number of aliphatic hydroxyl groups is 1. The lowest BCUT2D eigenvalue weighted by Gasteiger charge is -2.39. The number of fused-ring (bicyclic) bond motifs is 1. The number of nitrogens with zero attached hydrogens (tertiary/aromatic N) is 4. The van der Waals surface area contributed by atoms with Gasteiger partial charge in [-0.05, 0) is 43.4 Å². The van der Waals surface area contributed by atoms with E-state index in [2.05, 4.69) is 17.1 Å². The molecule has 2 saturated heterocycles. The van der Waals surface area contributed by atoms with Crippen LogP contribution in [-0.4, -0.2) is 89.3 Å². The molecule has 3 atom stereocenters. The number of benzene rings is 1. The van der Waals surface area contributed by atoms with Gasteiger partial charge in [0.15, 0.2) is 18.2 Å². The van der Waals surface area contributed by atoms with Gasteiger partial charge in [0.1, 0.15) is 18.5 Å². The molecule has 0 saturated carbocycles. The molecule has 3 amide bonds. The SMILES string of the molecule is Cc1cccc(OCC(O)CN2C(N3CCC(C)CC3)=NC3C2C(=O)NC(=O)N3C)c1. The molecular weight excluding hydrogens is 398 g/mol. The second-order valence-electron chi connectivity index (χ2n) is 8.80. The van der Waals surface area contributed by atoms with Crippen molar-refractivity contribution in [1.29, 1.82) is 0 Å². The standard InChI is InChI=1S/C22H31N5O4/c1-14-7-9-26(10-8-14)21-23-19-18(20(29)24-22(30)25(19)3)27(21)12-16(28)13-31-17-6-4-5-15(2)11-17/h4-6,11,14,16,18-19,28H,7-10,12-13H2,1-3H3,(H,24,29,30). The molecular formula is C22H31N5O4. The number of hydrogen-bond acceptors (Lipinski definition) is 7. The molecule has 3 unspecified atom stereocenters. The van der Waals surface area contributed by atoms with Gasteiger partial charge in [-0.1, -0.05) is 19.1 Å². The van der Waals surface area contributed by atoms with Crippen molar-refractivity contribution in [1.82, 2.24) is 20.0 Å². The number of imide groups is 1. The summed E-state index contributed by atoms with van der Waals surface area (Å²) in [5.74, 6) is 1.63. The highest BCUT2D eigenvalue weighted by Gasteiger charge is 2.50. The summed E-state index contributed by atoms with van der Waals surface area (Å²) in [6.45, 7) is 6.18. The molecule has 3 aliphatic heterocycles. The number of aliphatic hydroxyl groups excluding tert-OH is 1. The van der Waals surface area contributed by atoms with Gasteiger partial charge < -0.3 is 24.5 Å². The number of guanidine groups is 1. The molecule has 168 valence electrons. The van der Waals surface area contributed by atoms with Gasteiger partial charge in [0.05, 0.1) is 6.54 Å². The topological polar surface area (TPSA) is 97.7 Å². The fourth-order valence-corrected chi connectivity index (χ4v) is 4.36. The number of aryl methyl sites for hydroxylation is 1. The van der Waals surface area contributed by atoms with Crippen LogP contribution in [-0.2, 0) is 4.79 Å². The maximum atomic E-state index is 12.7. The lowest BCUT2D eigenvalue weighted by Crippen LogP contribution is -2.65. The fourth-order valence-electron chi connectivity index (χ4n) is 4.36. The molecule has 9 nitrogen and oxygen atoms in total. The maximum absolute atomic E-state index is 12.7. The highest BCUT2D eigenvalue weighted by Crippen LogP contribution is 2.28. The zero-order valence-electron chi connectivity index (χ0n) is 18.3. The number of rotatable bonds is 5. The van der Waals surface area contributed by atoms with Crippen LogP contribution in [0.4, 0.5) is 4.79 Å². The number of ether oxygens (including phenoxy) is 1. The summed E-state index contributed by atoms with van der Waals surface area (Å²) in [5, 5.41) is 13.1. The second-order valence-corrected chi connectivity index (χ2v) is 8.80. The number of aliphatic imine (C=N–C) groups is 1. The minimum atomic E-state index is -0.830. The van der Waals surface area contributed by atoms with E-state index in [0.717, 1.165) is 31.5 Å². The Labute approximate surface area is 182 Å². The highest BCUT2D eigenvalue weighted by atomic mass is 16.5. The van der Waals surface area contributed by atoms with Gasteiger partial charge in [-0.25, -0.2) is 9.79 Å². The number of carbonyl (C=O) groups excluding carboxylic acids is 2. The Morgan fingerprint density at radius 2 is 2.03 bits per heavy atom. The second kappa shape index (κ2) is 8.74. The molecule has 9 heteroatoms. The summed E-state index contributed by atoms with van der Waals surface area (Å²) in [6.07, 6.45) is 0.661. The van der Waals surface area contributed by atoms with Crippen LogP contribution in [0.2, 0.25) is 0 Å². The third-order valence-corrected chi connectivity index (χ3v) is 6.24. The lowest BCUT2D eigenvalue weighted by molar-refractivity contribution is -0.127. The summed E-state index contributed by atoms with van der Waals surface area (Å²) in [6, 6.07) is 6.54. The number of likely N-dealkylation sites (N-methyl/N-ethyl adjacent to an activating group) is 1. The first kappa shape index (κ1) is 21.4. The van der Waals surface area contributed by atoms with Gasteiger partial charge in [0.25, 0.3) is 5.91 Å². The van der Waals surface area contributed by atoms with E-state index < -0.39 is 24.3 Å². The number of urea groups is 1. The summed E-state index contributed by atoms with van der Waals surface area (Å²) in [7, 11) is 1.64. The first-order valence-electron chi connectivity index (χ1n) is 10.9. The third kappa shape index (κ3) is 4.46. The third-order valence-electron chi connectivity index (χ3n) is 6.24. The molecule has 2 fully saturated rings. The van der Waals surface area contributed by atoms with E-state index in [0.29, 0.717) is 17.6 Å². The first-order chi connectivity index (χ1) is 14.8. The summed E-state index contributed by atoms with van der Waals surface area (Å²) in [5.41, 5.74) is 1.08. The predicted octanol–water partition coefficient (Wildman–Crippen LogP) is 1.01. The normalized spacial score (nSPS) is 25.3. The number of β-amino-alcohol motifs (C(OH)–C–C–N with tert-alkyl or cyclic N) is 1. The number of carbonyl (C=O) groups is 2. The Kier molecular flexibility index (Phi) is 6.04. The van der Waals surface area contributed by atoms with Crippen LogP contribution < -0.4 is 10.1 Å². The molecule has 3 aliphatic rings. The Bertz CT molecular complexity index is 867. The van der Waals surface area contributed by atoms with Crippen LogP contribution in [0, 0.1) is 12.8 Å². The minimum Gasteiger partial charge on any atom is -0.491 e. The van der Waals surface area contributed by atoms with Crippen LogP contribution in [0.5, 0.6) is 5.75 Å². The van der Waals surface area contributed by atoms with Crippen LogP contribution >= 0.6 is 0 Å². The fraction of sp³-hybridized carbons (Fsp3) is 0.591. The summed E-state index contributed by atoms with van der Waals surface area (Å²) < 4.78 is 5.76. The van der Waals surface area contributed by atoms with E-state index in [-0.39, 0.29) is 19.1 Å². The molecule has 3 heterocycles. The molecule has 2 N–H and O–H groups in total. The Hall–Kier alpha value is -2.81. The van der Waals surface area contributed by atoms with E-state index in [1.54, 1.807) is 7.05 Å². The predicted molar refractivity (Wildman–Crippen MR) is 116 cm³/mol. The number of amides is 3. The van der Waals surface area contributed by atoms with Gasteiger partial charge >= 0.3 is 6.03 Å². The van der Waals surface area contributed by atoms with Gasteiger partial charge in [-0.2, -0.15) is 0 Å². The number of likely N-dealkylation sites (tertiary alicyclic amines) is 1. The van der Waals surface area contributed by atoms with Crippen LogP contribution in [0.1, 0.15) is 25.3 Å². The summed E-state index contributed by atoms with van der Waals surface area (Å²) in [4.78, 5) is 35.0. The van der Waals surface area contributed by atoms with Gasteiger partial charge in [0, 0.05) is 20.1 Å². The van der Waals surface area contributed by atoms with E-state index in [4.69, 9.17) is 9.73 Å². The van der Waals surface area contributed by atoms with Gasteiger partial charge in [-0.3, -0.25) is 10.1 Å². The number of hydrogen-bond donors (Lipinski definition) is 2. The van der Waals surface area contributed by atoms with Gasteiger partial charge in [-0.15, -0.1) is 0 Å². The molecule has 0 aromatic heterocycles. The van der Waals surface area contributed by atoms with Crippen molar-refractivity contribution in [2.24, 2.45) is 10.9 Å². The highest BCUT2D eigenvalue weighted by molar-refractivity contribution is 6.03. The van der Waals surface area contributed by atoms with Crippen molar-refractivity contribution in [2.45, 2.75) is 45.0 Å². The molecule has 31 heavy (non-hydrogen) atoms. The van der Waals surface area contributed by atoms with Crippen LogP contribution in [0.3, 0.4) is 0 Å². The van der Waals surface area contributed by atoms with Crippen LogP contribution in [0.25, 0.3) is 0 Å². The maximum Gasteiger partial charge on any atom is 0.325 e. The number of piperidine rings is 1. The average Bonchev–Trinajstić information content (AvgIpc) is 3.11. The minimum absolute atomic E-state index is 0.0953. The van der Waals surface area contributed by atoms with E-state index in [9.17, 15) is 14.7 Å². The quantitative estimate of drug-likeness (QED) is 0.725. The Morgan fingerprint density at radius 1 is 1.29 bits per heavy atom. The summed E-state index contributed by atoms with van der Waals surface area (Å²) >= 11 is 0. The molecule has 0 bridgehead atoms. The van der Waals surface area contributed by atoms with E-state index in [1.165, 1.54) is 4.90 Å². The van der Waals surface area contributed by atoms with Crippen molar-refractivity contribution in [3.63, 3.8) is 0 Å². The monoisotopic (exact) mass is 429 g/mol. The lowest BCUT2D eigenvalue weighted by atomic mass is 9.99. The molecule has 0 aliphatic carbocycles. The first-order valence-corrected chi connectivity index (χ1v) is 10.9. The number of nitrogens with one attached hydrogen (secondary N) is 1. The van der Waals surface area contributed by atoms with Gasteiger partial charge in [0.2, 0.25) is 0 Å². The zero-order valence-corrected chi connectivity index (χ0v) is 18.3. The largest absolute Gasteiger partial charge is 0.491 e. The van der Waals surface area contributed by atoms with E-state index >= 15 is 0 Å². The zero-order chi connectivity index (χ0) is 22.1. The van der Waals surface area contributed by atoms with Crippen molar-refractivity contribution < 1.29 is 19.4 Å². The van der Waals surface area contributed by atoms with Crippen molar-refractivity contribution in [3.8, 4) is 5.75 Å². The van der Waals surface area contributed by atoms with E-state index in [1.807, 2.05) is 36.1 Å². The average molecular weight is 430 g/mol. The smallest absolute Gasteiger partial charge is 0.325 e. The molecule has 4 rings (SSSR count). The molecule has 1 aromatic rings. The Balaban J connectivity index is 1.50. The van der Waals surface area contributed by atoms with Crippen molar-refractivity contribution in [2.75, 3.05) is 33.3 Å².